The third-order valence-corrected chi connectivity index (χ3v) is 10.8. The Hall–Kier alpha value is -6.92. The van der Waals surface area contributed by atoms with Gasteiger partial charge in [0.2, 0.25) is 11.8 Å². The van der Waals surface area contributed by atoms with Crippen LogP contribution in [-0.2, 0) is 16.1 Å². The summed E-state index contributed by atoms with van der Waals surface area (Å²) in [5.74, 6) is 5.07. The van der Waals surface area contributed by atoms with Crippen LogP contribution in [0.1, 0.15) is 98.9 Å². The van der Waals surface area contributed by atoms with E-state index in [1.54, 1.807) is 36.5 Å². The molecule has 0 saturated carbocycles. The number of piperidine rings is 1. The smallest absolute Gasteiger partial charge is 0.269 e. The molecule has 1 saturated heterocycles. The van der Waals surface area contributed by atoms with E-state index in [2.05, 4.69) is 51.6 Å². The van der Waals surface area contributed by atoms with Crippen LogP contribution in [0.5, 0.6) is 5.75 Å². The maximum absolute atomic E-state index is 14.7. The summed E-state index contributed by atoms with van der Waals surface area (Å²) >= 11 is 0. The van der Waals surface area contributed by atoms with E-state index in [1.807, 2.05) is 31.1 Å². The van der Waals surface area contributed by atoms with E-state index in [9.17, 15) is 32.8 Å². The van der Waals surface area contributed by atoms with Gasteiger partial charge in [-0.1, -0.05) is 37.8 Å². The molecule has 3 aliphatic rings. The van der Waals surface area contributed by atoms with E-state index in [0.717, 1.165) is 28.4 Å². The number of aromatic nitrogens is 2. The molecular weight excluding hydrogens is 785 g/mol. The monoisotopic (exact) mass is 829 g/mol. The van der Waals surface area contributed by atoms with Crippen molar-refractivity contribution in [3.05, 3.63) is 106 Å². The number of ether oxygens (including phenoxy) is 1. The highest BCUT2D eigenvalue weighted by Gasteiger charge is 2.39. The zero-order chi connectivity index (χ0) is 43.4. The highest BCUT2D eigenvalue weighted by atomic mass is 19.3. The zero-order valence-corrected chi connectivity index (χ0v) is 34.2. The summed E-state index contributed by atoms with van der Waals surface area (Å²) in [5.41, 5.74) is 5.93. The number of pyridine rings is 1. The first-order chi connectivity index (χ1) is 29.4. The molecule has 0 spiro atoms. The van der Waals surface area contributed by atoms with E-state index < -0.39 is 24.3 Å². The molecule has 61 heavy (non-hydrogen) atoms. The minimum atomic E-state index is -2.82. The number of carbonyl (C=O) groups excluding carboxylic acids is 5. The van der Waals surface area contributed by atoms with Gasteiger partial charge in [-0.15, -0.1) is 0 Å². The summed E-state index contributed by atoms with van der Waals surface area (Å²) in [4.78, 5) is 72.8. The third-order valence-electron chi connectivity index (χ3n) is 10.8. The number of anilines is 2. The lowest BCUT2D eigenvalue weighted by molar-refractivity contribution is -0.136. The summed E-state index contributed by atoms with van der Waals surface area (Å²) < 4.78 is 35.5. The van der Waals surface area contributed by atoms with Crippen molar-refractivity contribution in [2.75, 3.05) is 38.7 Å². The summed E-state index contributed by atoms with van der Waals surface area (Å²) in [7, 11) is 3.75. The van der Waals surface area contributed by atoms with Crippen LogP contribution in [0, 0.1) is 11.8 Å². The first-order valence-corrected chi connectivity index (χ1v) is 20.0. The van der Waals surface area contributed by atoms with E-state index in [0.29, 0.717) is 52.4 Å². The van der Waals surface area contributed by atoms with Gasteiger partial charge >= 0.3 is 0 Å². The molecule has 0 radical (unpaired) electrons. The van der Waals surface area contributed by atoms with Crippen molar-refractivity contribution >= 4 is 52.2 Å². The fourth-order valence-electron chi connectivity index (χ4n) is 7.83. The van der Waals surface area contributed by atoms with Gasteiger partial charge in [0.15, 0.2) is 6.29 Å². The number of halogens is 2. The Kier molecular flexibility index (Phi) is 12.6. The second-order valence-electron chi connectivity index (χ2n) is 15.2. The number of carbonyl (C=O) groups is 5. The molecule has 1 atom stereocenters. The maximum atomic E-state index is 14.7. The number of amides is 4. The number of nitrogens with one attached hydrogen (secondary N) is 4. The molecule has 8 rings (SSSR count). The first-order valence-electron chi connectivity index (χ1n) is 20.0. The van der Waals surface area contributed by atoms with Crippen molar-refractivity contribution in [2.45, 2.75) is 58.0 Å². The minimum absolute atomic E-state index is 0.0967. The fraction of sp³-hybridized carbons (Fsp3) is 0.304. The van der Waals surface area contributed by atoms with Gasteiger partial charge in [-0.25, -0.2) is 8.78 Å². The molecule has 1 unspecified atom stereocenters. The number of benzene rings is 3. The van der Waals surface area contributed by atoms with Crippen molar-refractivity contribution < 1.29 is 37.5 Å². The largest absolute Gasteiger partial charge is 0.490 e. The molecule has 314 valence electrons. The van der Waals surface area contributed by atoms with Crippen LogP contribution >= 0.6 is 0 Å². The van der Waals surface area contributed by atoms with Crippen molar-refractivity contribution in [3.8, 4) is 28.7 Å². The predicted molar refractivity (Wildman–Crippen MR) is 226 cm³/mol. The molecule has 1 fully saturated rings. The Morgan fingerprint density at radius 3 is 2.57 bits per heavy atom. The summed E-state index contributed by atoms with van der Waals surface area (Å²) in [6.45, 7) is 5.23. The van der Waals surface area contributed by atoms with Crippen molar-refractivity contribution in [1.29, 1.82) is 0 Å². The van der Waals surface area contributed by atoms with Crippen LogP contribution in [0.15, 0.2) is 67.0 Å². The van der Waals surface area contributed by atoms with Crippen molar-refractivity contribution in [1.82, 2.24) is 30.8 Å². The number of hydrogen-bond acceptors (Lipinski definition) is 9. The third kappa shape index (κ3) is 8.58. The van der Waals surface area contributed by atoms with E-state index in [4.69, 9.17) is 4.74 Å². The average molecular weight is 830 g/mol. The Morgan fingerprint density at radius 1 is 1.07 bits per heavy atom. The summed E-state index contributed by atoms with van der Waals surface area (Å²) in [6, 6.07) is 14.4. The highest BCUT2D eigenvalue weighted by molar-refractivity contribution is 6.06. The summed E-state index contributed by atoms with van der Waals surface area (Å²) in [6.07, 6.45) is 1.74. The minimum Gasteiger partial charge on any atom is -0.490 e. The number of alkyl halides is 2. The molecule has 0 bridgehead atoms. The molecule has 4 N–H and O–H groups in total. The number of fused-ring (bicyclic) bond motifs is 3. The molecule has 3 aliphatic heterocycles. The van der Waals surface area contributed by atoms with Gasteiger partial charge < -0.3 is 30.2 Å². The molecule has 3 aromatic carbocycles. The van der Waals surface area contributed by atoms with E-state index in [-0.39, 0.29) is 66.9 Å². The quantitative estimate of drug-likeness (QED) is 0.0569. The standard InChI is InChI=1S/C44H38F2N6O6.C2H7N/c1-24(2)30-16-28(17-32-27(23-53)21-49-40(30)32)51-14-15-58-38-19-31(33(41(45)46)18-37(38)51)26-9-10-35(48-20-26)42(55)47-13-4-3-6-25-7-5-8-29-34(25)22-52(44(29)57)36-11-12-39(54)50-43(36)56;1-3-2/h5,7-10,16-21,23-24,36,41,49H,4,11-15,22H2,1-2H3,(H,47,55)(H,50,54,56);3H,1-2H3. The normalized spacial score (nSPS) is 15.7. The number of aldehydes is 1. The fourth-order valence-corrected chi connectivity index (χ4v) is 7.83. The van der Waals surface area contributed by atoms with Crippen LogP contribution in [0.4, 0.5) is 20.2 Å². The Balaban J connectivity index is 0.00000182. The lowest BCUT2D eigenvalue weighted by atomic mass is 9.96. The van der Waals surface area contributed by atoms with Crippen LogP contribution in [0.2, 0.25) is 0 Å². The van der Waals surface area contributed by atoms with Crippen molar-refractivity contribution in [3.63, 3.8) is 0 Å². The second-order valence-corrected chi connectivity index (χ2v) is 15.2. The van der Waals surface area contributed by atoms with Gasteiger partial charge in [0.1, 0.15) is 24.1 Å². The van der Waals surface area contributed by atoms with Crippen LogP contribution in [0.3, 0.4) is 0 Å². The zero-order valence-electron chi connectivity index (χ0n) is 34.2. The highest BCUT2D eigenvalue weighted by Crippen LogP contribution is 2.45. The van der Waals surface area contributed by atoms with Gasteiger partial charge in [-0.3, -0.25) is 34.3 Å². The van der Waals surface area contributed by atoms with Gasteiger partial charge in [-0.2, -0.15) is 0 Å². The second kappa shape index (κ2) is 18.1. The number of rotatable bonds is 9. The SMILES string of the molecule is CC(C)c1cc(N2CCOc3cc(-c4ccc(C(=O)NCCC#Cc5cccc6c5CN(C5CCC(=O)NC5=O)C6=O)nc4)c(C(F)F)cc32)cc2c(C=O)c[nH]c12.CNC. The number of H-pyrrole nitrogens is 1. The first kappa shape index (κ1) is 42.2. The van der Waals surface area contributed by atoms with Gasteiger partial charge in [-0.05, 0) is 85.6 Å². The topological polar surface area (TPSA) is 166 Å². The molecule has 15 heteroatoms. The van der Waals surface area contributed by atoms with Crippen LogP contribution in [-0.4, -0.2) is 84.6 Å². The van der Waals surface area contributed by atoms with Crippen molar-refractivity contribution in [2.24, 2.45) is 0 Å². The Bertz CT molecular complexity index is 2600. The predicted octanol–water partition coefficient (Wildman–Crippen LogP) is 6.40. The molecule has 5 aromatic rings. The number of aromatic amines is 1. The van der Waals surface area contributed by atoms with Gasteiger partial charge in [0.25, 0.3) is 18.2 Å². The molecule has 4 amide bonds. The maximum Gasteiger partial charge on any atom is 0.269 e. The Labute approximate surface area is 351 Å². The van der Waals surface area contributed by atoms with Crippen LogP contribution < -0.4 is 25.6 Å². The lowest BCUT2D eigenvalue weighted by Gasteiger charge is -2.33. The molecular formula is C46H45F2N7O6. The molecule has 5 heterocycles. The van der Waals surface area contributed by atoms with Gasteiger partial charge in [0, 0.05) is 82.7 Å². The molecule has 13 nitrogen and oxygen atoms in total. The average Bonchev–Trinajstić information content (AvgIpc) is 3.83. The number of hydrogen-bond donors (Lipinski definition) is 4. The Morgan fingerprint density at radius 2 is 1.87 bits per heavy atom. The van der Waals surface area contributed by atoms with E-state index in [1.165, 1.54) is 23.2 Å². The van der Waals surface area contributed by atoms with Gasteiger partial charge in [0.05, 0.1) is 12.2 Å². The molecule has 0 aliphatic carbocycles. The lowest BCUT2D eigenvalue weighted by Crippen LogP contribution is -2.52. The van der Waals surface area contributed by atoms with E-state index >= 15 is 0 Å². The number of imide groups is 1. The summed E-state index contributed by atoms with van der Waals surface area (Å²) in [5, 5.41) is 8.58. The van der Waals surface area contributed by atoms with Crippen LogP contribution in [0.25, 0.3) is 22.0 Å². The molecule has 2 aromatic heterocycles. The number of nitrogens with zero attached hydrogens (tertiary/aromatic N) is 3.